The average molecular weight is 728 g/mol. The predicted molar refractivity (Wildman–Crippen MR) is 195 cm³/mol. The zero-order valence-electron chi connectivity index (χ0n) is 27.6. The van der Waals surface area contributed by atoms with E-state index in [1.807, 2.05) is 36.4 Å². The Hall–Kier alpha value is -5.03. The van der Waals surface area contributed by atoms with Gasteiger partial charge in [0.25, 0.3) is 0 Å². The SMILES string of the molecule is O=C(O)[C@H](N=C(c1ccccc1)c1ccccc1NC(=O)[C@@H]1CCCN1Cc1ccccc1)[C@@H](CC(=O)N1CCOC1=O)c1ccc(Cl)c(Cl)c1. The Labute approximate surface area is 305 Å². The zero-order chi connectivity index (χ0) is 35.9. The highest BCUT2D eigenvalue weighted by molar-refractivity contribution is 6.42. The van der Waals surface area contributed by atoms with E-state index in [0.29, 0.717) is 41.1 Å². The number of anilines is 1. The molecule has 0 spiro atoms. The fraction of sp³-hybridized carbons (Fsp3) is 0.256. The number of carbonyl (C=O) groups excluding carboxylic acids is 3. The fourth-order valence-electron chi connectivity index (χ4n) is 6.57. The van der Waals surface area contributed by atoms with Crippen molar-refractivity contribution < 1.29 is 29.0 Å². The number of amides is 3. The summed E-state index contributed by atoms with van der Waals surface area (Å²) < 4.78 is 4.96. The minimum atomic E-state index is -1.53. The number of benzene rings is 4. The summed E-state index contributed by atoms with van der Waals surface area (Å²) in [5.41, 5.74) is 3.37. The maximum absolute atomic E-state index is 13.9. The number of cyclic esters (lactones) is 1. The van der Waals surface area contributed by atoms with Crippen molar-refractivity contribution in [1.29, 1.82) is 0 Å². The summed E-state index contributed by atoms with van der Waals surface area (Å²) >= 11 is 12.6. The number of aliphatic imine (C=N–C) groups is 1. The minimum Gasteiger partial charge on any atom is -0.480 e. The fourth-order valence-corrected chi connectivity index (χ4v) is 6.88. The topological polar surface area (TPSA) is 129 Å². The molecule has 12 heteroatoms. The van der Waals surface area contributed by atoms with Crippen molar-refractivity contribution >= 4 is 58.5 Å². The molecule has 2 fully saturated rings. The normalized spacial score (nSPS) is 17.5. The number of likely N-dealkylation sites (tertiary alicyclic amines) is 1. The van der Waals surface area contributed by atoms with Gasteiger partial charge in [0, 0.05) is 30.0 Å². The molecule has 0 aromatic heterocycles. The van der Waals surface area contributed by atoms with Crippen LogP contribution in [0.2, 0.25) is 10.0 Å². The molecular formula is C39H36Cl2N4O6. The van der Waals surface area contributed by atoms with Crippen LogP contribution in [0.25, 0.3) is 0 Å². The largest absolute Gasteiger partial charge is 0.480 e. The second-order valence-corrected chi connectivity index (χ2v) is 13.2. The molecule has 0 saturated carbocycles. The van der Waals surface area contributed by atoms with Crippen molar-refractivity contribution in [2.24, 2.45) is 4.99 Å². The van der Waals surface area contributed by atoms with Crippen molar-refractivity contribution in [3.8, 4) is 0 Å². The van der Waals surface area contributed by atoms with Crippen molar-refractivity contribution in [1.82, 2.24) is 9.80 Å². The molecule has 10 nitrogen and oxygen atoms in total. The summed E-state index contributed by atoms with van der Waals surface area (Å²) in [5, 5.41) is 14.3. The van der Waals surface area contributed by atoms with Gasteiger partial charge in [-0.15, -0.1) is 0 Å². The smallest absolute Gasteiger partial charge is 0.416 e. The number of nitrogens with zero attached hydrogens (tertiary/aromatic N) is 3. The van der Waals surface area contributed by atoms with E-state index in [4.69, 9.17) is 32.9 Å². The molecule has 2 heterocycles. The van der Waals surface area contributed by atoms with Crippen molar-refractivity contribution in [3.05, 3.63) is 135 Å². The van der Waals surface area contributed by atoms with Gasteiger partial charge in [-0.05, 0) is 48.7 Å². The van der Waals surface area contributed by atoms with E-state index in [1.54, 1.807) is 54.6 Å². The predicted octanol–water partition coefficient (Wildman–Crippen LogP) is 7.04. The van der Waals surface area contributed by atoms with Gasteiger partial charge in [0.2, 0.25) is 11.8 Å². The Morgan fingerprint density at radius 1 is 0.902 bits per heavy atom. The number of para-hydroxylation sites is 1. The first-order valence-electron chi connectivity index (χ1n) is 16.7. The quantitative estimate of drug-likeness (QED) is 0.150. The molecule has 0 unspecified atom stereocenters. The molecule has 2 aliphatic heterocycles. The molecule has 0 radical (unpaired) electrons. The Morgan fingerprint density at radius 2 is 1.61 bits per heavy atom. The summed E-state index contributed by atoms with van der Waals surface area (Å²) in [6.07, 6.45) is 0.411. The van der Waals surface area contributed by atoms with Crippen LogP contribution >= 0.6 is 23.2 Å². The number of carbonyl (C=O) groups is 4. The Balaban J connectivity index is 1.39. The first-order valence-corrected chi connectivity index (χ1v) is 17.4. The van der Waals surface area contributed by atoms with Crippen LogP contribution in [0, 0.1) is 0 Å². The monoisotopic (exact) mass is 726 g/mol. The van der Waals surface area contributed by atoms with Gasteiger partial charge in [0.15, 0.2) is 6.04 Å². The molecule has 0 bridgehead atoms. The molecule has 2 N–H and O–H groups in total. The summed E-state index contributed by atoms with van der Waals surface area (Å²) in [6, 6.07) is 28.9. The summed E-state index contributed by atoms with van der Waals surface area (Å²) in [6.45, 7) is 1.53. The highest BCUT2D eigenvalue weighted by Gasteiger charge is 2.37. The molecule has 6 rings (SSSR count). The first-order chi connectivity index (χ1) is 24.7. The van der Waals surface area contributed by atoms with Gasteiger partial charge in [0.05, 0.1) is 34.0 Å². The lowest BCUT2D eigenvalue weighted by Crippen LogP contribution is -2.39. The number of ether oxygens (including phenoxy) is 1. The van der Waals surface area contributed by atoms with Crippen LogP contribution in [0.1, 0.15) is 47.4 Å². The van der Waals surface area contributed by atoms with Crippen LogP contribution in [0.4, 0.5) is 10.5 Å². The number of nitrogens with one attached hydrogen (secondary N) is 1. The number of carboxylic acid groups (broad SMARTS) is 1. The van der Waals surface area contributed by atoms with Gasteiger partial charge in [-0.25, -0.2) is 14.5 Å². The number of halogens is 2. The molecule has 3 atom stereocenters. The van der Waals surface area contributed by atoms with E-state index in [1.165, 1.54) is 12.1 Å². The summed E-state index contributed by atoms with van der Waals surface area (Å²) in [4.78, 5) is 60.8. The van der Waals surface area contributed by atoms with Crippen molar-refractivity contribution in [3.63, 3.8) is 0 Å². The molecule has 0 aliphatic carbocycles. The van der Waals surface area contributed by atoms with E-state index in [0.717, 1.165) is 23.4 Å². The van der Waals surface area contributed by atoms with Gasteiger partial charge in [-0.2, -0.15) is 0 Å². The first kappa shape index (κ1) is 35.8. The van der Waals surface area contributed by atoms with Crippen LogP contribution in [-0.4, -0.2) is 76.3 Å². The highest BCUT2D eigenvalue weighted by atomic mass is 35.5. The van der Waals surface area contributed by atoms with Crippen molar-refractivity contribution in [2.45, 2.75) is 43.8 Å². The zero-order valence-corrected chi connectivity index (χ0v) is 29.1. The van der Waals surface area contributed by atoms with Crippen LogP contribution in [0.5, 0.6) is 0 Å². The van der Waals surface area contributed by atoms with E-state index >= 15 is 0 Å². The van der Waals surface area contributed by atoms with Gasteiger partial charge in [0.1, 0.15) is 6.61 Å². The maximum atomic E-state index is 13.9. The number of carboxylic acids is 1. The van der Waals surface area contributed by atoms with E-state index in [2.05, 4.69) is 10.2 Å². The molecule has 2 saturated heterocycles. The van der Waals surface area contributed by atoms with E-state index < -0.39 is 29.9 Å². The number of hydrogen-bond donors (Lipinski definition) is 2. The standard InChI is InChI=1S/C39H36Cl2N4O6/c40-30-18-17-27(22-31(30)41)29(23-34(46)45-20-21-51-39(45)50)36(38(48)49)43-35(26-12-5-2-6-13-26)28-14-7-8-15-32(28)42-37(47)33-16-9-19-44(33)24-25-10-3-1-4-11-25/h1-8,10-15,17-18,22,29,33,36H,9,16,19-21,23-24H2,(H,42,47)(H,48,49)/t29-,33-,36+/m0/s1. The number of imide groups is 1. The Morgan fingerprint density at radius 3 is 2.29 bits per heavy atom. The van der Waals surface area contributed by atoms with Crippen molar-refractivity contribution in [2.75, 3.05) is 25.0 Å². The number of hydrogen-bond acceptors (Lipinski definition) is 7. The number of aliphatic carboxylic acids is 1. The van der Waals surface area contributed by atoms with Gasteiger partial charge >= 0.3 is 12.1 Å². The number of rotatable bonds is 12. The van der Waals surface area contributed by atoms with Gasteiger partial charge < -0.3 is 15.2 Å². The third-order valence-corrected chi connectivity index (χ3v) is 9.85. The average Bonchev–Trinajstić information content (AvgIpc) is 3.79. The van der Waals surface area contributed by atoms with Crippen LogP contribution in [0.3, 0.4) is 0 Å². The van der Waals surface area contributed by atoms with E-state index in [9.17, 15) is 24.3 Å². The maximum Gasteiger partial charge on any atom is 0.416 e. The molecule has 4 aromatic rings. The Kier molecular flexibility index (Phi) is 11.5. The van der Waals surface area contributed by atoms with Gasteiger partial charge in [-0.3, -0.25) is 19.5 Å². The molecule has 262 valence electrons. The molecule has 3 amide bonds. The molecule has 2 aliphatic rings. The van der Waals surface area contributed by atoms with Crippen LogP contribution in [-0.2, 0) is 25.7 Å². The van der Waals surface area contributed by atoms with Gasteiger partial charge in [-0.1, -0.05) is 108 Å². The highest BCUT2D eigenvalue weighted by Crippen LogP contribution is 2.34. The van der Waals surface area contributed by atoms with E-state index in [-0.39, 0.29) is 41.6 Å². The summed E-state index contributed by atoms with van der Waals surface area (Å²) in [7, 11) is 0. The third-order valence-electron chi connectivity index (χ3n) is 9.11. The van der Waals surface area contributed by atoms with Crippen LogP contribution < -0.4 is 5.32 Å². The third kappa shape index (κ3) is 8.48. The second kappa shape index (κ2) is 16.3. The lowest BCUT2D eigenvalue weighted by atomic mass is 9.87. The molecular weight excluding hydrogens is 691 g/mol. The summed E-state index contributed by atoms with van der Waals surface area (Å²) in [5.74, 6) is -3.15. The lowest BCUT2D eigenvalue weighted by Gasteiger charge is -2.26. The Bertz CT molecular complexity index is 1940. The molecule has 4 aromatic carbocycles. The lowest BCUT2D eigenvalue weighted by molar-refractivity contribution is -0.139. The second-order valence-electron chi connectivity index (χ2n) is 12.4. The molecule has 51 heavy (non-hydrogen) atoms. The minimum absolute atomic E-state index is 0.0497. The van der Waals surface area contributed by atoms with Crippen LogP contribution in [0.15, 0.2) is 108 Å².